The Morgan fingerprint density at radius 2 is 1.05 bits per heavy atom. The molecule has 0 atom stereocenters. The van der Waals surface area contributed by atoms with E-state index in [4.69, 9.17) is 4.74 Å². The summed E-state index contributed by atoms with van der Waals surface area (Å²) >= 11 is 3.64. The van der Waals surface area contributed by atoms with E-state index in [1.165, 1.54) is 42.4 Å². The Balaban J connectivity index is 1.14. The number of rotatable bonds is 6. The van der Waals surface area contributed by atoms with Crippen molar-refractivity contribution in [1.29, 1.82) is 0 Å². The van der Waals surface area contributed by atoms with E-state index in [1.807, 2.05) is 11.3 Å². The molecule has 0 amide bonds. The first-order chi connectivity index (χ1) is 29.5. The molecule has 0 radical (unpaired) electrons. The highest BCUT2D eigenvalue weighted by Crippen LogP contribution is 2.60. The number of hydrogen-bond acceptors (Lipinski definition) is 5. The van der Waals surface area contributed by atoms with Gasteiger partial charge in [-0.15, -0.1) is 11.3 Å². The van der Waals surface area contributed by atoms with Crippen LogP contribution in [0.2, 0.25) is 0 Å². The highest BCUT2D eigenvalue weighted by molar-refractivity contribution is 7.99. The zero-order valence-electron chi connectivity index (χ0n) is 33.1. The number of para-hydroxylation sites is 2. The number of anilines is 6. The Labute approximate surface area is 357 Å². The van der Waals surface area contributed by atoms with Crippen molar-refractivity contribution in [3.8, 4) is 22.6 Å². The van der Waals surface area contributed by atoms with Crippen LogP contribution in [0, 0.1) is 0 Å². The molecule has 2 heterocycles. The standard InChI is InChI=1S/C55H38N2OS2/c1-55(2)45-23-13-11-21-41(45)43-33-38(26-28-46(43)55)57(39-27-32-50-44(34-39)42-22-12-14-24-49(42)59-50)48-30-29-47(56(36-16-5-3-6-17-36)37-18-7-4-8-19-37)53-54(48)60-51-31-25-35-15-9-10-20-40(35)52(51)58-53/h3-34H,1-2H3. The number of hydrogen-bond donors (Lipinski definition) is 0. The molecule has 0 N–H and O–H groups in total. The zero-order chi connectivity index (χ0) is 40.0. The number of ether oxygens (including phenoxy) is 1. The summed E-state index contributed by atoms with van der Waals surface area (Å²) in [5, 5.41) is 4.79. The smallest absolute Gasteiger partial charge is 0.167 e. The van der Waals surface area contributed by atoms with Crippen LogP contribution in [-0.4, -0.2) is 0 Å². The Hall–Kier alpha value is -6.79. The molecule has 12 rings (SSSR count). The lowest BCUT2D eigenvalue weighted by Crippen LogP contribution is -2.17. The molecule has 0 saturated carbocycles. The van der Waals surface area contributed by atoms with Crippen LogP contribution >= 0.6 is 23.1 Å². The lowest BCUT2D eigenvalue weighted by Gasteiger charge is -2.34. The van der Waals surface area contributed by atoms with Gasteiger partial charge in [0.15, 0.2) is 5.75 Å². The largest absolute Gasteiger partial charge is 0.452 e. The molecule has 2 aliphatic rings. The fourth-order valence-electron chi connectivity index (χ4n) is 9.42. The maximum absolute atomic E-state index is 7.38. The second-order valence-corrected chi connectivity index (χ2v) is 18.2. The number of fused-ring (bicyclic) bond motifs is 10. The van der Waals surface area contributed by atoms with E-state index in [0.29, 0.717) is 0 Å². The van der Waals surface area contributed by atoms with E-state index in [-0.39, 0.29) is 5.41 Å². The molecule has 60 heavy (non-hydrogen) atoms. The summed E-state index contributed by atoms with van der Waals surface area (Å²) in [5.41, 5.74) is 11.5. The van der Waals surface area contributed by atoms with Gasteiger partial charge >= 0.3 is 0 Å². The molecule has 3 nitrogen and oxygen atoms in total. The summed E-state index contributed by atoms with van der Waals surface area (Å²) in [6.45, 7) is 4.69. The van der Waals surface area contributed by atoms with E-state index >= 15 is 0 Å². The molecular formula is C55H38N2OS2. The molecule has 0 saturated heterocycles. The maximum atomic E-state index is 7.38. The number of nitrogens with zero attached hydrogens (tertiary/aromatic N) is 2. The van der Waals surface area contributed by atoms with Crippen LogP contribution in [0.5, 0.6) is 11.5 Å². The van der Waals surface area contributed by atoms with E-state index in [1.54, 1.807) is 11.8 Å². The molecular weight excluding hydrogens is 769 g/mol. The summed E-state index contributed by atoms with van der Waals surface area (Å²) in [6, 6.07) is 70.5. The zero-order valence-corrected chi connectivity index (χ0v) is 34.7. The summed E-state index contributed by atoms with van der Waals surface area (Å²) in [7, 11) is 0. The third-order valence-corrected chi connectivity index (χ3v) is 14.6. The predicted molar refractivity (Wildman–Crippen MR) is 254 cm³/mol. The van der Waals surface area contributed by atoms with Gasteiger partial charge in [0.05, 0.1) is 21.2 Å². The topological polar surface area (TPSA) is 15.7 Å². The molecule has 1 aromatic heterocycles. The van der Waals surface area contributed by atoms with Crippen molar-refractivity contribution in [2.75, 3.05) is 9.80 Å². The van der Waals surface area contributed by atoms with Crippen LogP contribution in [0.15, 0.2) is 204 Å². The average Bonchev–Trinajstić information content (AvgIpc) is 3.78. The Kier molecular flexibility index (Phi) is 7.99. The molecule has 0 bridgehead atoms. The van der Waals surface area contributed by atoms with Crippen LogP contribution in [0.3, 0.4) is 0 Å². The van der Waals surface area contributed by atoms with Gasteiger partial charge in [-0.05, 0) is 107 Å². The third kappa shape index (κ3) is 5.43. The van der Waals surface area contributed by atoms with Gasteiger partial charge in [-0.3, -0.25) is 0 Å². The molecule has 10 aromatic rings. The normalized spacial score (nSPS) is 13.4. The molecule has 9 aromatic carbocycles. The van der Waals surface area contributed by atoms with E-state index in [9.17, 15) is 0 Å². The van der Waals surface area contributed by atoms with Crippen LogP contribution in [0.4, 0.5) is 34.1 Å². The molecule has 0 fully saturated rings. The monoisotopic (exact) mass is 806 g/mol. The number of thiophene rings is 1. The summed E-state index contributed by atoms with van der Waals surface area (Å²) < 4.78 is 9.96. The van der Waals surface area contributed by atoms with Gasteiger partial charge in [0.25, 0.3) is 0 Å². The number of benzene rings is 9. The van der Waals surface area contributed by atoms with Crippen LogP contribution in [0.25, 0.3) is 42.1 Å². The van der Waals surface area contributed by atoms with Gasteiger partial charge < -0.3 is 14.5 Å². The molecule has 0 spiro atoms. The predicted octanol–water partition coefficient (Wildman–Crippen LogP) is 16.7. The fourth-order valence-corrected chi connectivity index (χ4v) is 11.6. The Morgan fingerprint density at radius 1 is 0.433 bits per heavy atom. The van der Waals surface area contributed by atoms with Crippen molar-refractivity contribution in [3.63, 3.8) is 0 Å². The highest BCUT2D eigenvalue weighted by Gasteiger charge is 2.37. The fraction of sp³-hybridized carbons (Fsp3) is 0.0545. The molecule has 0 unspecified atom stereocenters. The van der Waals surface area contributed by atoms with E-state index < -0.39 is 0 Å². The Bertz CT molecular complexity index is 3280. The minimum atomic E-state index is -0.0981. The Morgan fingerprint density at radius 3 is 1.87 bits per heavy atom. The third-order valence-electron chi connectivity index (χ3n) is 12.3. The average molecular weight is 807 g/mol. The van der Waals surface area contributed by atoms with Gasteiger partial charge in [0.1, 0.15) is 5.75 Å². The lowest BCUT2D eigenvalue weighted by molar-refractivity contribution is 0.462. The van der Waals surface area contributed by atoms with Crippen molar-refractivity contribution in [2.24, 2.45) is 0 Å². The highest BCUT2D eigenvalue weighted by atomic mass is 32.2. The van der Waals surface area contributed by atoms with Crippen molar-refractivity contribution in [3.05, 3.63) is 205 Å². The lowest BCUT2D eigenvalue weighted by atomic mass is 9.82. The van der Waals surface area contributed by atoms with Crippen molar-refractivity contribution in [1.82, 2.24) is 0 Å². The maximum Gasteiger partial charge on any atom is 0.167 e. The van der Waals surface area contributed by atoms with Crippen LogP contribution in [0.1, 0.15) is 25.0 Å². The minimum absolute atomic E-state index is 0.0981. The van der Waals surface area contributed by atoms with Crippen molar-refractivity contribution >= 4 is 88.2 Å². The van der Waals surface area contributed by atoms with Crippen molar-refractivity contribution in [2.45, 2.75) is 29.1 Å². The van der Waals surface area contributed by atoms with Gasteiger partial charge in [-0.2, -0.15) is 0 Å². The first kappa shape index (κ1) is 35.2. The quantitative estimate of drug-likeness (QED) is 0.166. The molecule has 5 heteroatoms. The SMILES string of the molecule is CC1(C)c2ccccc2-c2cc(N(c3ccc4sc5ccccc5c4c3)c3ccc(N(c4ccccc4)c4ccccc4)c4c3Sc3ccc5ccccc5c3O4)ccc21. The summed E-state index contributed by atoms with van der Waals surface area (Å²) in [6.07, 6.45) is 0. The van der Waals surface area contributed by atoms with E-state index in [0.717, 1.165) is 66.2 Å². The first-order valence-corrected chi connectivity index (χ1v) is 22.1. The molecule has 1 aliphatic carbocycles. The minimum Gasteiger partial charge on any atom is -0.452 e. The van der Waals surface area contributed by atoms with Crippen LogP contribution < -0.4 is 14.5 Å². The van der Waals surface area contributed by atoms with Gasteiger partial charge in [-0.25, -0.2) is 0 Å². The molecule has 1 aliphatic heterocycles. The second kappa shape index (κ2) is 13.6. The van der Waals surface area contributed by atoms with Gasteiger partial charge in [0, 0.05) is 53.7 Å². The second-order valence-electron chi connectivity index (χ2n) is 16.1. The summed E-state index contributed by atoms with van der Waals surface area (Å²) in [5.74, 6) is 1.72. The van der Waals surface area contributed by atoms with E-state index in [2.05, 4.69) is 218 Å². The van der Waals surface area contributed by atoms with Gasteiger partial charge in [0.2, 0.25) is 0 Å². The first-order valence-electron chi connectivity index (χ1n) is 20.4. The van der Waals surface area contributed by atoms with Crippen molar-refractivity contribution < 1.29 is 4.74 Å². The summed E-state index contributed by atoms with van der Waals surface area (Å²) in [4.78, 5) is 6.93. The molecule has 286 valence electrons. The van der Waals surface area contributed by atoms with Crippen LogP contribution in [-0.2, 0) is 5.41 Å². The van der Waals surface area contributed by atoms with Gasteiger partial charge in [-0.1, -0.05) is 141 Å².